The maximum Gasteiger partial charge on any atom is 0.132 e. The van der Waals surface area contributed by atoms with Crippen molar-refractivity contribution in [1.82, 2.24) is 10.2 Å². The van der Waals surface area contributed by atoms with Crippen molar-refractivity contribution < 1.29 is 0 Å². The number of aryl methyl sites for hydroxylation is 1. The molecule has 3 rings (SSSR count). The minimum absolute atomic E-state index is 0.123. The van der Waals surface area contributed by atoms with E-state index in [4.69, 9.17) is 17.3 Å². The average molecular weight is 236 g/mol. The summed E-state index contributed by atoms with van der Waals surface area (Å²) in [4.78, 5) is 0. The quantitative estimate of drug-likeness (QED) is 0.859. The number of halogens is 1. The largest absolute Gasteiger partial charge is 0.325 e. The molecular formula is C12H14ClN3. The lowest BCUT2D eigenvalue weighted by Crippen LogP contribution is -2.22. The van der Waals surface area contributed by atoms with Gasteiger partial charge in [0.05, 0.1) is 5.52 Å². The highest BCUT2D eigenvalue weighted by Gasteiger charge is 2.37. The third kappa shape index (κ3) is 1.81. The Morgan fingerprint density at radius 2 is 2.25 bits per heavy atom. The van der Waals surface area contributed by atoms with Gasteiger partial charge in [-0.2, -0.15) is 5.10 Å². The van der Waals surface area contributed by atoms with Gasteiger partial charge in [-0.3, -0.25) is 5.10 Å². The molecule has 0 bridgehead atoms. The number of nitrogens with two attached hydrogens (primary N) is 1. The van der Waals surface area contributed by atoms with Gasteiger partial charge in [-0.15, -0.1) is 0 Å². The van der Waals surface area contributed by atoms with Crippen LogP contribution in [0.2, 0.25) is 5.15 Å². The second-order valence-corrected chi connectivity index (χ2v) is 5.13. The van der Waals surface area contributed by atoms with E-state index in [0.29, 0.717) is 5.15 Å². The van der Waals surface area contributed by atoms with Crippen molar-refractivity contribution in [1.29, 1.82) is 0 Å². The number of benzene rings is 1. The van der Waals surface area contributed by atoms with Crippen molar-refractivity contribution in [3.05, 3.63) is 28.9 Å². The summed E-state index contributed by atoms with van der Waals surface area (Å²) in [7, 11) is 0. The fourth-order valence-corrected chi connectivity index (χ4v) is 2.19. The van der Waals surface area contributed by atoms with Gasteiger partial charge in [0.2, 0.25) is 0 Å². The Bertz CT molecular complexity index is 528. The van der Waals surface area contributed by atoms with Gasteiger partial charge in [0.1, 0.15) is 5.15 Å². The van der Waals surface area contributed by atoms with E-state index in [9.17, 15) is 0 Å². The molecule has 0 saturated heterocycles. The van der Waals surface area contributed by atoms with E-state index >= 15 is 0 Å². The van der Waals surface area contributed by atoms with E-state index in [1.165, 1.54) is 18.4 Å². The Balaban J connectivity index is 1.82. The van der Waals surface area contributed by atoms with E-state index in [-0.39, 0.29) is 5.54 Å². The van der Waals surface area contributed by atoms with E-state index < -0.39 is 0 Å². The second-order valence-electron chi connectivity index (χ2n) is 4.75. The van der Waals surface area contributed by atoms with Gasteiger partial charge in [0.15, 0.2) is 0 Å². The Kier molecular flexibility index (Phi) is 2.19. The Labute approximate surface area is 99.0 Å². The number of hydrogen-bond donors (Lipinski definition) is 2. The third-order valence-electron chi connectivity index (χ3n) is 3.38. The molecule has 4 heteroatoms. The minimum Gasteiger partial charge on any atom is -0.325 e. The number of aromatic nitrogens is 2. The molecule has 1 aromatic heterocycles. The molecular weight excluding hydrogens is 222 g/mol. The lowest BCUT2D eigenvalue weighted by Gasteiger charge is -2.07. The highest BCUT2D eigenvalue weighted by Crippen LogP contribution is 2.36. The predicted octanol–water partition coefficient (Wildman–Crippen LogP) is 2.64. The van der Waals surface area contributed by atoms with Crippen LogP contribution in [0.3, 0.4) is 0 Å². The summed E-state index contributed by atoms with van der Waals surface area (Å²) in [5, 5.41) is 8.53. The van der Waals surface area contributed by atoms with E-state index in [0.717, 1.165) is 23.7 Å². The standard InChI is InChI=1S/C12H14ClN3/c13-11-9-2-1-8(7-10(9)15-16-11)3-4-12(14)5-6-12/h1-2,7H,3-6,14H2,(H,15,16). The Morgan fingerprint density at radius 3 is 3.00 bits per heavy atom. The summed E-state index contributed by atoms with van der Waals surface area (Å²) in [6.45, 7) is 0. The fraction of sp³-hybridized carbons (Fsp3) is 0.417. The SMILES string of the molecule is NC1(CCc2ccc3c(Cl)[nH]nc3c2)CC1. The first-order valence-corrected chi connectivity index (χ1v) is 5.96. The topological polar surface area (TPSA) is 54.7 Å². The molecule has 16 heavy (non-hydrogen) atoms. The van der Waals surface area contributed by atoms with Crippen molar-refractivity contribution in [3.63, 3.8) is 0 Å². The first-order valence-electron chi connectivity index (χ1n) is 5.58. The number of fused-ring (bicyclic) bond motifs is 1. The molecule has 0 unspecified atom stereocenters. The molecule has 1 aliphatic carbocycles. The third-order valence-corrected chi connectivity index (χ3v) is 3.67. The first kappa shape index (κ1) is 10.1. The van der Waals surface area contributed by atoms with Crippen LogP contribution in [0.4, 0.5) is 0 Å². The lowest BCUT2D eigenvalue weighted by molar-refractivity contribution is 0.609. The van der Waals surface area contributed by atoms with Gasteiger partial charge in [0.25, 0.3) is 0 Å². The van der Waals surface area contributed by atoms with Crippen LogP contribution in [-0.2, 0) is 6.42 Å². The van der Waals surface area contributed by atoms with Crippen molar-refractivity contribution in [2.75, 3.05) is 0 Å². The van der Waals surface area contributed by atoms with Crippen molar-refractivity contribution >= 4 is 22.5 Å². The molecule has 0 atom stereocenters. The molecule has 2 aromatic rings. The van der Waals surface area contributed by atoms with Crippen molar-refractivity contribution in [3.8, 4) is 0 Å². The summed E-state index contributed by atoms with van der Waals surface area (Å²) in [6, 6.07) is 6.21. The summed E-state index contributed by atoms with van der Waals surface area (Å²) in [5.74, 6) is 0. The normalized spacial score (nSPS) is 17.9. The van der Waals surface area contributed by atoms with Crippen LogP contribution in [0.5, 0.6) is 0 Å². The lowest BCUT2D eigenvalue weighted by atomic mass is 10.0. The van der Waals surface area contributed by atoms with Gasteiger partial charge in [-0.25, -0.2) is 0 Å². The molecule has 1 aliphatic rings. The molecule has 1 aromatic carbocycles. The van der Waals surface area contributed by atoms with Gasteiger partial charge in [-0.1, -0.05) is 17.7 Å². The fourth-order valence-electron chi connectivity index (χ4n) is 1.98. The molecule has 3 nitrogen and oxygen atoms in total. The van der Waals surface area contributed by atoms with E-state index in [1.54, 1.807) is 0 Å². The molecule has 1 heterocycles. The van der Waals surface area contributed by atoms with Gasteiger partial charge >= 0.3 is 0 Å². The molecule has 84 valence electrons. The molecule has 0 radical (unpaired) electrons. The predicted molar refractivity (Wildman–Crippen MR) is 65.6 cm³/mol. The van der Waals surface area contributed by atoms with Crippen LogP contribution < -0.4 is 5.73 Å². The number of hydrogen-bond acceptors (Lipinski definition) is 2. The highest BCUT2D eigenvalue weighted by atomic mass is 35.5. The maximum absolute atomic E-state index is 6.07. The molecule has 1 fully saturated rings. The first-order chi connectivity index (χ1) is 7.66. The van der Waals surface area contributed by atoms with E-state index in [2.05, 4.69) is 22.3 Å². The van der Waals surface area contributed by atoms with Crippen LogP contribution in [0.25, 0.3) is 10.9 Å². The number of aromatic amines is 1. The summed E-state index contributed by atoms with van der Waals surface area (Å²) in [6.07, 6.45) is 4.43. The van der Waals surface area contributed by atoms with Crippen molar-refractivity contribution in [2.24, 2.45) is 5.73 Å². The van der Waals surface area contributed by atoms with Crippen molar-refractivity contribution in [2.45, 2.75) is 31.2 Å². The molecule has 1 saturated carbocycles. The summed E-state index contributed by atoms with van der Waals surface area (Å²) in [5.41, 5.74) is 8.41. The summed E-state index contributed by atoms with van der Waals surface area (Å²) >= 11 is 5.95. The van der Waals surface area contributed by atoms with Gasteiger partial charge in [-0.05, 0) is 43.4 Å². The average Bonchev–Trinajstić information content (AvgIpc) is 2.91. The molecule has 0 aliphatic heterocycles. The van der Waals surface area contributed by atoms with Crippen LogP contribution >= 0.6 is 11.6 Å². The Morgan fingerprint density at radius 1 is 1.44 bits per heavy atom. The van der Waals surface area contributed by atoms with Crippen LogP contribution in [-0.4, -0.2) is 15.7 Å². The Hall–Kier alpha value is -1.06. The maximum atomic E-state index is 6.07. The number of rotatable bonds is 3. The number of nitrogens with zero attached hydrogens (tertiary/aromatic N) is 1. The van der Waals surface area contributed by atoms with Gasteiger partial charge < -0.3 is 5.73 Å². The molecule has 3 N–H and O–H groups in total. The van der Waals surface area contributed by atoms with Gasteiger partial charge in [0, 0.05) is 10.9 Å². The number of nitrogens with one attached hydrogen (secondary N) is 1. The summed E-state index contributed by atoms with van der Waals surface area (Å²) < 4.78 is 0. The van der Waals surface area contributed by atoms with E-state index in [1.807, 2.05) is 6.07 Å². The molecule has 0 amide bonds. The van der Waals surface area contributed by atoms with Crippen LogP contribution in [0.1, 0.15) is 24.8 Å². The zero-order valence-corrected chi connectivity index (χ0v) is 9.72. The van der Waals surface area contributed by atoms with Crippen LogP contribution in [0, 0.1) is 0 Å². The monoisotopic (exact) mass is 235 g/mol. The molecule has 0 spiro atoms. The minimum atomic E-state index is 0.123. The zero-order valence-electron chi connectivity index (χ0n) is 8.96. The number of H-pyrrole nitrogens is 1. The zero-order chi connectivity index (χ0) is 11.2. The van der Waals surface area contributed by atoms with Crippen LogP contribution in [0.15, 0.2) is 18.2 Å². The smallest absolute Gasteiger partial charge is 0.132 e. The highest BCUT2D eigenvalue weighted by molar-refractivity contribution is 6.34. The second kappa shape index (κ2) is 3.47.